The fraction of sp³-hybridized carbons (Fsp3) is 0.238. The predicted molar refractivity (Wildman–Crippen MR) is 99.9 cm³/mol. The van der Waals surface area contributed by atoms with Crippen LogP contribution in [0.3, 0.4) is 0 Å². The van der Waals surface area contributed by atoms with Crippen LogP contribution in [0.2, 0.25) is 0 Å². The van der Waals surface area contributed by atoms with Crippen LogP contribution in [0, 0.1) is 11.6 Å². The van der Waals surface area contributed by atoms with Crippen LogP contribution in [-0.2, 0) is 0 Å². The zero-order valence-electron chi connectivity index (χ0n) is 15.4. The molecule has 0 spiro atoms. The summed E-state index contributed by atoms with van der Waals surface area (Å²) in [6.45, 7) is 5.78. The van der Waals surface area contributed by atoms with E-state index >= 15 is 0 Å². The first-order chi connectivity index (χ1) is 12.9. The molecule has 0 saturated heterocycles. The molecule has 27 heavy (non-hydrogen) atoms. The number of benzene rings is 2. The third kappa shape index (κ3) is 4.05. The lowest BCUT2D eigenvalue weighted by atomic mass is 10.0. The minimum absolute atomic E-state index is 0.0273. The van der Waals surface area contributed by atoms with Crippen molar-refractivity contribution in [3.63, 3.8) is 0 Å². The normalized spacial score (nSPS) is 12.2. The maximum atomic E-state index is 13.2. The second kappa shape index (κ2) is 7.70. The Hall–Kier alpha value is -3.02. The van der Waals surface area contributed by atoms with Gasteiger partial charge in [-0.25, -0.2) is 13.5 Å². The summed E-state index contributed by atoms with van der Waals surface area (Å²) in [7, 11) is 0. The van der Waals surface area contributed by atoms with Gasteiger partial charge in [0.1, 0.15) is 11.6 Å². The van der Waals surface area contributed by atoms with E-state index in [1.54, 1.807) is 28.9 Å². The average molecular weight is 369 g/mol. The van der Waals surface area contributed by atoms with E-state index in [0.717, 1.165) is 11.3 Å². The summed E-state index contributed by atoms with van der Waals surface area (Å²) in [6, 6.07) is 11.7. The van der Waals surface area contributed by atoms with Crippen molar-refractivity contribution < 1.29 is 13.6 Å². The zero-order valence-corrected chi connectivity index (χ0v) is 15.4. The van der Waals surface area contributed by atoms with Crippen molar-refractivity contribution in [2.75, 3.05) is 0 Å². The lowest BCUT2D eigenvalue weighted by Gasteiger charge is -2.16. The van der Waals surface area contributed by atoms with Crippen molar-refractivity contribution in [3.05, 3.63) is 83.2 Å². The van der Waals surface area contributed by atoms with Crippen LogP contribution < -0.4 is 5.32 Å². The van der Waals surface area contributed by atoms with E-state index in [1.165, 1.54) is 30.5 Å². The van der Waals surface area contributed by atoms with Gasteiger partial charge >= 0.3 is 0 Å². The first-order valence-corrected chi connectivity index (χ1v) is 8.77. The highest BCUT2D eigenvalue weighted by molar-refractivity contribution is 5.95. The van der Waals surface area contributed by atoms with Gasteiger partial charge in [0.15, 0.2) is 0 Å². The average Bonchev–Trinajstić information content (AvgIpc) is 3.08. The van der Waals surface area contributed by atoms with E-state index in [0.29, 0.717) is 11.3 Å². The van der Waals surface area contributed by atoms with Crippen LogP contribution >= 0.6 is 0 Å². The molecule has 3 aromatic rings. The van der Waals surface area contributed by atoms with Gasteiger partial charge in [-0.1, -0.05) is 26.0 Å². The van der Waals surface area contributed by atoms with Gasteiger partial charge in [0.05, 0.1) is 29.2 Å². The number of amides is 1. The maximum absolute atomic E-state index is 13.2. The summed E-state index contributed by atoms with van der Waals surface area (Å²) in [5.74, 6) is -0.883. The minimum atomic E-state index is -0.330. The standard InChI is InChI=1S/C21H21F2N3O/c1-13(2)20-19(12-24-26(20)18-10-8-17(23)9-11-18)21(27)25-14(3)15-4-6-16(22)7-5-15/h4-14H,1-3H3,(H,25,27). The van der Waals surface area contributed by atoms with Gasteiger partial charge < -0.3 is 5.32 Å². The molecule has 1 N–H and O–H groups in total. The van der Waals surface area contributed by atoms with Gasteiger partial charge in [0.25, 0.3) is 5.91 Å². The van der Waals surface area contributed by atoms with Crippen LogP contribution in [-0.4, -0.2) is 15.7 Å². The summed E-state index contributed by atoms with van der Waals surface area (Å²) >= 11 is 0. The molecule has 0 aliphatic carbocycles. The third-order valence-corrected chi connectivity index (χ3v) is 4.39. The molecule has 140 valence electrons. The second-order valence-electron chi connectivity index (χ2n) is 6.73. The molecule has 0 saturated carbocycles. The zero-order chi connectivity index (χ0) is 19.6. The summed E-state index contributed by atoms with van der Waals surface area (Å²) < 4.78 is 27.9. The molecule has 2 aromatic carbocycles. The Kier molecular flexibility index (Phi) is 5.35. The van der Waals surface area contributed by atoms with Gasteiger partial charge in [-0.2, -0.15) is 5.10 Å². The van der Waals surface area contributed by atoms with Crippen molar-refractivity contribution in [3.8, 4) is 5.69 Å². The number of rotatable bonds is 5. The van der Waals surface area contributed by atoms with Crippen molar-refractivity contribution in [2.24, 2.45) is 0 Å². The Morgan fingerprint density at radius 1 is 0.963 bits per heavy atom. The molecular formula is C21H21F2N3O. The van der Waals surface area contributed by atoms with Crippen LogP contribution in [0.1, 0.15) is 54.3 Å². The SMILES string of the molecule is CC(C)c1c(C(=O)NC(C)c2ccc(F)cc2)cnn1-c1ccc(F)cc1. The van der Waals surface area contributed by atoms with Crippen molar-refractivity contribution in [2.45, 2.75) is 32.7 Å². The van der Waals surface area contributed by atoms with Gasteiger partial charge in [-0.05, 0) is 54.8 Å². The molecule has 1 atom stereocenters. The molecule has 1 amide bonds. The van der Waals surface area contributed by atoms with Gasteiger partial charge in [0, 0.05) is 0 Å². The summed E-state index contributed by atoms with van der Waals surface area (Å²) in [4.78, 5) is 12.8. The van der Waals surface area contributed by atoms with Gasteiger partial charge in [-0.15, -0.1) is 0 Å². The largest absolute Gasteiger partial charge is 0.345 e. The molecule has 6 heteroatoms. The Balaban J connectivity index is 1.88. The highest BCUT2D eigenvalue weighted by Crippen LogP contribution is 2.24. The topological polar surface area (TPSA) is 46.9 Å². The number of nitrogens with one attached hydrogen (secondary N) is 1. The number of aromatic nitrogens is 2. The highest BCUT2D eigenvalue weighted by Gasteiger charge is 2.22. The molecule has 4 nitrogen and oxygen atoms in total. The van der Waals surface area contributed by atoms with Crippen LogP contribution in [0.5, 0.6) is 0 Å². The Morgan fingerprint density at radius 3 is 2.07 bits per heavy atom. The third-order valence-electron chi connectivity index (χ3n) is 4.39. The number of hydrogen-bond donors (Lipinski definition) is 1. The summed E-state index contributed by atoms with van der Waals surface area (Å²) in [6.07, 6.45) is 1.52. The Bertz CT molecular complexity index is 931. The lowest BCUT2D eigenvalue weighted by Crippen LogP contribution is -2.27. The van der Waals surface area contributed by atoms with Crippen LogP contribution in [0.4, 0.5) is 8.78 Å². The van der Waals surface area contributed by atoms with E-state index < -0.39 is 0 Å². The molecule has 1 heterocycles. The molecule has 0 aliphatic rings. The summed E-state index contributed by atoms with van der Waals surface area (Å²) in [5, 5.41) is 7.26. The maximum Gasteiger partial charge on any atom is 0.255 e. The fourth-order valence-corrected chi connectivity index (χ4v) is 2.99. The van der Waals surface area contributed by atoms with E-state index in [2.05, 4.69) is 10.4 Å². The number of nitrogens with zero attached hydrogens (tertiary/aromatic N) is 2. The van der Waals surface area contributed by atoms with Gasteiger partial charge in [0.2, 0.25) is 0 Å². The molecule has 0 aliphatic heterocycles. The lowest BCUT2D eigenvalue weighted by molar-refractivity contribution is 0.0938. The van der Waals surface area contributed by atoms with E-state index in [4.69, 9.17) is 0 Å². The molecule has 1 unspecified atom stereocenters. The second-order valence-corrected chi connectivity index (χ2v) is 6.73. The molecule has 3 rings (SSSR count). The molecule has 0 bridgehead atoms. The highest BCUT2D eigenvalue weighted by atomic mass is 19.1. The number of carbonyl (C=O) groups is 1. The smallest absolute Gasteiger partial charge is 0.255 e. The van der Waals surface area contributed by atoms with Crippen molar-refractivity contribution >= 4 is 5.91 Å². The molecule has 0 fully saturated rings. The molecular weight excluding hydrogens is 348 g/mol. The monoisotopic (exact) mass is 369 g/mol. The van der Waals surface area contributed by atoms with E-state index in [1.807, 2.05) is 20.8 Å². The predicted octanol–water partition coefficient (Wildman–Crippen LogP) is 4.76. The van der Waals surface area contributed by atoms with Crippen molar-refractivity contribution in [1.29, 1.82) is 0 Å². The fourth-order valence-electron chi connectivity index (χ4n) is 2.99. The van der Waals surface area contributed by atoms with Crippen LogP contribution in [0.15, 0.2) is 54.7 Å². The minimum Gasteiger partial charge on any atom is -0.345 e. The summed E-state index contributed by atoms with van der Waals surface area (Å²) in [5.41, 5.74) is 2.70. The first-order valence-electron chi connectivity index (χ1n) is 8.77. The quantitative estimate of drug-likeness (QED) is 0.704. The Morgan fingerprint density at radius 2 is 1.52 bits per heavy atom. The van der Waals surface area contributed by atoms with Crippen LogP contribution in [0.25, 0.3) is 5.69 Å². The first kappa shape index (κ1) is 18.8. The molecule has 0 radical (unpaired) electrons. The Labute approximate surface area is 156 Å². The van der Waals surface area contributed by atoms with E-state index in [9.17, 15) is 13.6 Å². The number of halogens is 2. The number of carbonyl (C=O) groups excluding carboxylic acids is 1. The number of hydrogen-bond acceptors (Lipinski definition) is 2. The van der Waals surface area contributed by atoms with Crippen molar-refractivity contribution in [1.82, 2.24) is 15.1 Å². The van der Waals surface area contributed by atoms with Gasteiger partial charge in [-0.3, -0.25) is 4.79 Å². The van der Waals surface area contributed by atoms with E-state index in [-0.39, 0.29) is 29.5 Å². The molecule has 1 aromatic heterocycles.